The lowest BCUT2D eigenvalue weighted by atomic mass is 9.71. The van der Waals surface area contributed by atoms with Gasteiger partial charge in [-0.1, -0.05) is 69.9 Å². The van der Waals surface area contributed by atoms with Crippen LogP contribution in [0.2, 0.25) is 0 Å². The van der Waals surface area contributed by atoms with Gasteiger partial charge in [0.25, 0.3) is 0 Å². The lowest BCUT2D eigenvalue weighted by Crippen LogP contribution is -2.25. The number of ether oxygens (including phenoxy) is 2. The van der Waals surface area contributed by atoms with E-state index in [9.17, 15) is 27.2 Å². The SMILES string of the molecule is CC(=O)c1cc(Br)c(F)cc1F.CCCCC1(CCCC)c2ccc(-c3cc(Br)c(F)cc3F)nc2-c2c(OC)cccc21.COc1cccc2c1C(=O)/C(=C/N(C)C)C2. The molecule has 60 heavy (non-hydrogen) atoms. The maximum absolute atomic E-state index is 14.7. The second-order valence-corrected chi connectivity index (χ2v) is 16.6. The fourth-order valence-corrected chi connectivity index (χ4v) is 8.51. The quantitative estimate of drug-likeness (QED) is 0.0569. The standard InChI is InChI=1S/C27H28BrF2NO.C13H15NO2.C8H5BrF2O/c1-4-6-13-27(14-7-5-2)18-9-8-10-24(32-3)25(18)26-19(27)11-12-23(31-26)17-15-20(28)22(30)16-21(17)29;1-14(2)8-10-7-9-5-4-6-11(16-3)12(9)13(10)15;1-4(12)5-2-6(9)8(11)3-7(5)10/h8-12,15-16H,4-7,13-14H2,1-3H3;4-6,8H,7H2,1-3H3;2-3H,1H3/b;10-8+;. The van der Waals surface area contributed by atoms with Gasteiger partial charge < -0.3 is 14.4 Å². The van der Waals surface area contributed by atoms with Crippen LogP contribution < -0.4 is 9.47 Å². The molecule has 0 atom stereocenters. The van der Waals surface area contributed by atoms with Crippen LogP contribution in [0.3, 0.4) is 0 Å². The first-order valence-corrected chi connectivity index (χ1v) is 21.3. The molecule has 12 heteroatoms. The van der Waals surface area contributed by atoms with E-state index in [4.69, 9.17) is 14.5 Å². The number of aromatic nitrogens is 1. The van der Waals surface area contributed by atoms with E-state index in [2.05, 4.69) is 57.8 Å². The summed E-state index contributed by atoms with van der Waals surface area (Å²) in [6.45, 7) is 5.65. The van der Waals surface area contributed by atoms with Crippen LogP contribution in [-0.4, -0.2) is 49.8 Å². The first-order chi connectivity index (χ1) is 28.6. The zero-order valence-corrected chi connectivity index (χ0v) is 37.9. The molecule has 0 saturated carbocycles. The molecule has 316 valence electrons. The summed E-state index contributed by atoms with van der Waals surface area (Å²) in [6.07, 6.45) is 9.10. The summed E-state index contributed by atoms with van der Waals surface area (Å²) in [7, 11) is 7.10. The summed E-state index contributed by atoms with van der Waals surface area (Å²) in [5, 5.41) is 0. The Kier molecular flexibility index (Phi) is 15.5. The van der Waals surface area contributed by atoms with Gasteiger partial charge in [0.1, 0.15) is 34.8 Å². The largest absolute Gasteiger partial charge is 0.496 e. The third-order valence-corrected chi connectivity index (χ3v) is 11.9. The maximum atomic E-state index is 14.7. The number of pyridine rings is 1. The lowest BCUT2D eigenvalue weighted by Gasteiger charge is -2.32. The highest BCUT2D eigenvalue weighted by atomic mass is 79.9. The van der Waals surface area contributed by atoms with Crippen molar-refractivity contribution >= 4 is 43.4 Å². The second-order valence-electron chi connectivity index (χ2n) is 14.9. The number of nitrogens with zero attached hydrogens (tertiary/aromatic N) is 2. The van der Waals surface area contributed by atoms with Gasteiger partial charge in [0, 0.05) is 61.0 Å². The zero-order chi connectivity index (χ0) is 43.9. The first-order valence-electron chi connectivity index (χ1n) is 19.7. The third kappa shape index (κ3) is 9.70. The Bertz CT molecular complexity index is 2430. The minimum atomic E-state index is -0.830. The zero-order valence-electron chi connectivity index (χ0n) is 34.8. The van der Waals surface area contributed by atoms with Gasteiger partial charge in [-0.05, 0) is 98.6 Å². The van der Waals surface area contributed by atoms with Gasteiger partial charge in [0.2, 0.25) is 0 Å². The van der Waals surface area contributed by atoms with E-state index in [0.717, 1.165) is 84.4 Å². The normalized spacial score (nSPS) is 13.7. The van der Waals surface area contributed by atoms with Crippen molar-refractivity contribution in [2.75, 3.05) is 28.3 Å². The highest BCUT2D eigenvalue weighted by molar-refractivity contribution is 9.10. The van der Waals surface area contributed by atoms with Gasteiger partial charge in [-0.2, -0.15) is 0 Å². The second kappa shape index (κ2) is 20.2. The van der Waals surface area contributed by atoms with Crippen molar-refractivity contribution < 1.29 is 36.6 Å². The van der Waals surface area contributed by atoms with Crippen molar-refractivity contribution in [3.8, 4) is 34.0 Å². The van der Waals surface area contributed by atoms with E-state index in [1.54, 1.807) is 14.2 Å². The van der Waals surface area contributed by atoms with Crippen molar-refractivity contribution in [1.82, 2.24) is 9.88 Å². The van der Waals surface area contributed by atoms with E-state index in [1.165, 1.54) is 24.1 Å². The van der Waals surface area contributed by atoms with Crippen LogP contribution in [0.15, 0.2) is 93.5 Å². The fraction of sp³-hybridized carbons (Fsp3) is 0.312. The van der Waals surface area contributed by atoms with Crippen molar-refractivity contribution in [3.05, 3.63) is 145 Å². The molecular formula is C48H48Br2F4N2O4. The molecule has 0 fully saturated rings. The molecule has 0 unspecified atom stereocenters. The van der Waals surface area contributed by atoms with E-state index < -0.39 is 29.1 Å². The lowest BCUT2D eigenvalue weighted by molar-refractivity contribution is 0.101. The summed E-state index contributed by atoms with van der Waals surface area (Å²) >= 11 is 6.03. The Labute approximate surface area is 366 Å². The van der Waals surface area contributed by atoms with E-state index >= 15 is 0 Å². The predicted octanol–water partition coefficient (Wildman–Crippen LogP) is 13.3. The number of methoxy groups -OCH3 is 2. The number of fused-ring (bicyclic) bond motifs is 4. The van der Waals surface area contributed by atoms with Gasteiger partial charge >= 0.3 is 0 Å². The molecule has 1 heterocycles. The molecule has 4 aromatic carbocycles. The van der Waals surface area contributed by atoms with Crippen LogP contribution in [0.1, 0.15) is 96.7 Å². The Balaban J connectivity index is 0.000000201. The number of hydrogen-bond acceptors (Lipinski definition) is 6. The molecule has 0 bridgehead atoms. The molecule has 0 saturated heterocycles. The van der Waals surface area contributed by atoms with Crippen LogP contribution in [0, 0.1) is 23.3 Å². The average molecular weight is 953 g/mol. The number of carbonyl (C=O) groups is 2. The predicted molar refractivity (Wildman–Crippen MR) is 236 cm³/mol. The molecule has 1 aromatic heterocycles. The highest BCUT2D eigenvalue weighted by Gasteiger charge is 2.44. The number of hydrogen-bond donors (Lipinski definition) is 0. The molecule has 5 aromatic rings. The molecule has 0 aliphatic heterocycles. The number of halogens is 6. The van der Waals surface area contributed by atoms with E-state index in [-0.39, 0.29) is 31.3 Å². The number of allylic oxidation sites excluding steroid dienone is 1. The fourth-order valence-electron chi connectivity index (χ4n) is 7.82. The summed E-state index contributed by atoms with van der Waals surface area (Å²) in [4.78, 5) is 29.7. The molecule has 0 spiro atoms. The smallest absolute Gasteiger partial charge is 0.194 e. The highest BCUT2D eigenvalue weighted by Crippen LogP contribution is 2.56. The minimum absolute atomic E-state index is 0.0844. The Morgan fingerprint density at radius 3 is 1.95 bits per heavy atom. The summed E-state index contributed by atoms with van der Waals surface area (Å²) in [5.41, 5.74) is 7.41. The number of benzene rings is 4. The van der Waals surface area contributed by atoms with Gasteiger partial charge in [-0.3, -0.25) is 9.59 Å². The van der Waals surface area contributed by atoms with Crippen LogP contribution in [0.5, 0.6) is 11.5 Å². The van der Waals surface area contributed by atoms with Gasteiger partial charge in [-0.15, -0.1) is 0 Å². The molecule has 7 rings (SSSR count). The molecular weight excluding hydrogens is 904 g/mol. The number of unbranched alkanes of at least 4 members (excludes halogenated alkanes) is 2. The Hall–Kier alpha value is -4.81. The summed E-state index contributed by atoms with van der Waals surface area (Å²) < 4.78 is 65.2. The number of carbonyl (C=O) groups excluding carboxylic acids is 2. The Morgan fingerprint density at radius 2 is 1.37 bits per heavy atom. The van der Waals surface area contributed by atoms with E-state index in [0.29, 0.717) is 23.9 Å². The third-order valence-electron chi connectivity index (χ3n) is 10.6. The number of Topliss-reactive ketones (excluding diaryl/α,β-unsaturated/α-hetero) is 2. The van der Waals surface area contributed by atoms with Gasteiger partial charge in [0.15, 0.2) is 11.6 Å². The van der Waals surface area contributed by atoms with Crippen molar-refractivity contribution in [3.63, 3.8) is 0 Å². The maximum Gasteiger partial charge on any atom is 0.194 e. The first kappa shape index (κ1) is 46.3. The summed E-state index contributed by atoms with van der Waals surface area (Å²) in [5.74, 6) is -1.68. The Morgan fingerprint density at radius 1 is 0.783 bits per heavy atom. The average Bonchev–Trinajstić information content (AvgIpc) is 3.69. The van der Waals surface area contributed by atoms with E-state index in [1.807, 2.05) is 61.6 Å². The van der Waals surface area contributed by atoms with Crippen LogP contribution in [0.25, 0.3) is 22.5 Å². The van der Waals surface area contributed by atoms with Crippen molar-refractivity contribution in [1.29, 1.82) is 0 Å². The topological polar surface area (TPSA) is 68.7 Å². The molecule has 2 aliphatic rings. The van der Waals surface area contributed by atoms with Crippen molar-refractivity contribution in [2.24, 2.45) is 0 Å². The molecule has 0 amide bonds. The number of rotatable bonds is 11. The molecule has 0 radical (unpaired) electrons. The van der Waals surface area contributed by atoms with Crippen molar-refractivity contribution in [2.45, 2.75) is 71.1 Å². The molecule has 0 N–H and O–H groups in total. The monoisotopic (exact) mass is 950 g/mol. The van der Waals surface area contributed by atoms with Crippen LogP contribution in [-0.2, 0) is 11.8 Å². The summed E-state index contributed by atoms with van der Waals surface area (Å²) in [6, 6.07) is 20.1. The molecule has 6 nitrogen and oxygen atoms in total. The molecule has 2 aliphatic carbocycles. The van der Waals surface area contributed by atoms with Gasteiger partial charge in [0.05, 0.1) is 45.7 Å². The van der Waals surface area contributed by atoms with Crippen LogP contribution in [0.4, 0.5) is 17.6 Å². The van der Waals surface area contributed by atoms with Crippen LogP contribution >= 0.6 is 31.9 Å². The van der Waals surface area contributed by atoms with Gasteiger partial charge in [-0.25, -0.2) is 22.5 Å². The number of ketones is 2. The minimum Gasteiger partial charge on any atom is -0.496 e.